The molecule has 1 amide bonds. The fourth-order valence-electron chi connectivity index (χ4n) is 1.96. The number of benzene rings is 1. The number of amides is 1. The van der Waals surface area contributed by atoms with Gasteiger partial charge in [0, 0.05) is 16.3 Å². The largest absolute Gasteiger partial charge is 0.353 e. The first-order chi connectivity index (χ1) is 10.6. The van der Waals surface area contributed by atoms with E-state index in [1.165, 1.54) is 28.8 Å². The molecule has 0 spiro atoms. The zero-order chi connectivity index (χ0) is 15.9. The molecule has 0 unspecified atom stereocenters. The van der Waals surface area contributed by atoms with Crippen LogP contribution in [0.25, 0.3) is 0 Å². The van der Waals surface area contributed by atoms with Crippen molar-refractivity contribution in [1.82, 2.24) is 10.2 Å². The zero-order valence-corrected chi connectivity index (χ0v) is 14.2. The number of hydrogen-bond donors (Lipinski definition) is 1. The fraction of sp³-hybridized carbons (Fsp3) is 0.312. The van der Waals surface area contributed by atoms with Crippen molar-refractivity contribution >= 4 is 29.0 Å². The molecule has 0 saturated heterocycles. The highest BCUT2D eigenvalue weighted by atomic mass is 32.2. The first kappa shape index (κ1) is 17.0. The summed E-state index contributed by atoms with van der Waals surface area (Å²) in [5.41, 5.74) is 0. The van der Waals surface area contributed by atoms with Crippen molar-refractivity contribution in [3.05, 3.63) is 52.5 Å². The SMILES string of the molecule is CN(C)[C@@H](CNC(=O)CSc1ccc(F)cc1)c1cccs1. The number of thiophene rings is 1. The highest BCUT2D eigenvalue weighted by Crippen LogP contribution is 2.22. The molecule has 1 atom stereocenters. The van der Waals surface area contributed by atoms with Crippen LogP contribution in [0.15, 0.2) is 46.7 Å². The van der Waals surface area contributed by atoms with E-state index in [0.29, 0.717) is 12.3 Å². The molecule has 1 aromatic heterocycles. The third-order valence-corrected chi connectivity index (χ3v) is 5.16. The van der Waals surface area contributed by atoms with Gasteiger partial charge >= 0.3 is 0 Å². The molecular formula is C16H19FN2OS2. The molecule has 1 heterocycles. The molecule has 0 aliphatic carbocycles. The van der Waals surface area contributed by atoms with E-state index in [2.05, 4.69) is 16.3 Å². The first-order valence-electron chi connectivity index (χ1n) is 6.91. The molecule has 0 radical (unpaired) electrons. The Morgan fingerprint density at radius 2 is 2.05 bits per heavy atom. The highest BCUT2D eigenvalue weighted by Gasteiger charge is 2.16. The van der Waals surface area contributed by atoms with Crippen LogP contribution >= 0.6 is 23.1 Å². The predicted molar refractivity (Wildman–Crippen MR) is 90.9 cm³/mol. The lowest BCUT2D eigenvalue weighted by Crippen LogP contribution is -2.35. The molecule has 0 saturated carbocycles. The maximum absolute atomic E-state index is 12.8. The Kier molecular flexibility index (Phi) is 6.42. The molecular weight excluding hydrogens is 319 g/mol. The van der Waals surface area contributed by atoms with E-state index in [0.717, 1.165) is 4.90 Å². The van der Waals surface area contributed by atoms with Crippen LogP contribution in [-0.4, -0.2) is 37.2 Å². The van der Waals surface area contributed by atoms with E-state index in [1.54, 1.807) is 23.5 Å². The van der Waals surface area contributed by atoms with Gasteiger partial charge in [-0.1, -0.05) is 6.07 Å². The molecule has 0 fully saturated rings. The number of nitrogens with zero attached hydrogens (tertiary/aromatic N) is 1. The van der Waals surface area contributed by atoms with E-state index in [1.807, 2.05) is 25.5 Å². The van der Waals surface area contributed by atoms with Crippen LogP contribution in [0.4, 0.5) is 4.39 Å². The quantitative estimate of drug-likeness (QED) is 0.786. The standard InChI is InChI=1S/C16H19FN2OS2/c1-19(2)14(15-4-3-9-21-15)10-18-16(20)11-22-13-7-5-12(17)6-8-13/h3-9,14H,10-11H2,1-2H3,(H,18,20)/t14-/m0/s1. The molecule has 6 heteroatoms. The summed E-state index contributed by atoms with van der Waals surface area (Å²) in [6.07, 6.45) is 0. The lowest BCUT2D eigenvalue weighted by atomic mass is 10.2. The second-order valence-corrected chi connectivity index (χ2v) is 7.07. The van der Waals surface area contributed by atoms with Crippen LogP contribution in [0.1, 0.15) is 10.9 Å². The van der Waals surface area contributed by atoms with Crippen LogP contribution in [0.2, 0.25) is 0 Å². The normalized spacial score (nSPS) is 12.4. The Labute approximate surface area is 138 Å². The monoisotopic (exact) mass is 338 g/mol. The summed E-state index contributed by atoms with van der Waals surface area (Å²) >= 11 is 3.09. The zero-order valence-electron chi connectivity index (χ0n) is 12.6. The van der Waals surface area contributed by atoms with Crippen LogP contribution in [-0.2, 0) is 4.79 Å². The third-order valence-electron chi connectivity index (χ3n) is 3.17. The Morgan fingerprint density at radius 3 is 2.64 bits per heavy atom. The molecule has 0 bridgehead atoms. The van der Waals surface area contributed by atoms with Crippen molar-refractivity contribution in [2.75, 3.05) is 26.4 Å². The highest BCUT2D eigenvalue weighted by molar-refractivity contribution is 8.00. The Hall–Kier alpha value is -1.37. The van der Waals surface area contributed by atoms with E-state index in [9.17, 15) is 9.18 Å². The topological polar surface area (TPSA) is 32.3 Å². The summed E-state index contributed by atoms with van der Waals surface area (Å²) < 4.78 is 12.8. The van der Waals surface area contributed by atoms with E-state index >= 15 is 0 Å². The van der Waals surface area contributed by atoms with E-state index in [4.69, 9.17) is 0 Å². The minimum Gasteiger partial charge on any atom is -0.353 e. The van der Waals surface area contributed by atoms with Gasteiger partial charge in [0.2, 0.25) is 5.91 Å². The van der Waals surface area contributed by atoms with Gasteiger partial charge in [-0.2, -0.15) is 0 Å². The average molecular weight is 338 g/mol. The third kappa shape index (κ3) is 5.12. The summed E-state index contributed by atoms with van der Waals surface area (Å²) in [5, 5.41) is 5.00. The fourth-order valence-corrected chi connectivity index (χ4v) is 3.61. The number of halogens is 1. The Balaban J connectivity index is 1.80. The molecule has 3 nitrogen and oxygen atoms in total. The van der Waals surface area contributed by atoms with Crippen LogP contribution in [0.3, 0.4) is 0 Å². The maximum Gasteiger partial charge on any atom is 0.230 e. The summed E-state index contributed by atoms with van der Waals surface area (Å²) in [5.74, 6) is 0.0484. The van der Waals surface area contributed by atoms with Crippen molar-refractivity contribution in [2.45, 2.75) is 10.9 Å². The molecule has 2 rings (SSSR count). The lowest BCUT2D eigenvalue weighted by molar-refractivity contribution is -0.118. The molecule has 22 heavy (non-hydrogen) atoms. The second-order valence-electron chi connectivity index (χ2n) is 5.04. The van der Waals surface area contributed by atoms with Crippen LogP contribution in [0, 0.1) is 5.82 Å². The Bertz CT molecular complexity index is 585. The van der Waals surface area contributed by atoms with Gasteiger partial charge in [-0.05, 0) is 49.8 Å². The predicted octanol–water partition coefficient (Wildman–Crippen LogP) is 3.40. The smallest absolute Gasteiger partial charge is 0.230 e. The number of nitrogens with one attached hydrogen (secondary N) is 1. The van der Waals surface area contributed by atoms with Crippen molar-refractivity contribution < 1.29 is 9.18 Å². The second kappa shape index (κ2) is 8.31. The van der Waals surface area contributed by atoms with Crippen LogP contribution in [0.5, 0.6) is 0 Å². The number of carbonyl (C=O) groups excluding carboxylic acids is 1. The average Bonchev–Trinajstić information content (AvgIpc) is 3.00. The van der Waals surface area contributed by atoms with Gasteiger partial charge in [-0.3, -0.25) is 4.79 Å². The summed E-state index contributed by atoms with van der Waals surface area (Å²) in [4.78, 5) is 16.2. The van der Waals surface area contributed by atoms with Crippen LogP contribution < -0.4 is 5.32 Å². The van der Waals surface area contributed by atoms with Gasteiger partial charge in [0.1, 0.15) is 5.82 Å². The lowest BCUT2D eigenvalue weighted by Gasteiger charge is -2.23. The van der Waals surface area contributed by atoms with Gasteiger partial charge in [-0.15, -0.1) is 23.1 Å². The van der Waals surface area contributed by atoms with Gasteiger partial charge in [-0.25, -0.2) is 4.39 Å². The maximum atomic E-state index is 12.8. The first-order valence-corrected chi connectivity index (χ1v) is 8.77. The van der Waals surface area contributed by atoms with Crippen molar-refractivity contribution in [1.29, 1.82) is 0 Å². The molecule has 1 N–H and O–H groups in total. The van der Waals surface area contributed by atoms with Crippen molar-refractivity contribution in [3.8, 4) is 0 Å². The van der Waals surface area contributed by atoms with Gasteiger partial charge in [0.05, 0.1) is 11.8 Å². The Morgan fingerprint density at radius 1 is 1.32 bits per heavy atom. The minimum atomic E-state index is -0.265. The van der Waals surface area contributed by atoms with Crippen molar-refractivity contribution in [3.63, 3.8) is 0 Å². The van der Waals surface area contributed by atoms with E-state index < -0.39 is 0 Å². The molecule has 118 valence electrons. The molecule has 0 aliphatic heterocycles. The number of carbonyl (C=O) groups is 1. The van der Waals surface area contributed by atoms with Gasteiger partial charge in [0.25, 0.3) is 0 Å². The summed E-state index contributed by atoms with van der Waals surface area (Å²) in [6.45, 7) is 0.580. The number of rotatable bonds is 7. The number of hydrogen-bond acceptors (Lipinski definition) is 4. The van der Waals surface area contributed by atoms with E-state index in [-0.39, 0.29) is 17.8 Å². The molecule has 0 aliphatic rings. The number of likely N-dealkylation sites (N-methyl/N-ethyl adjacent to an activating group) is 1. The van der Waals surface area contributed by atoms with Gasteiger partial charge < -0.3 is 10.2 Å². The number of thioether (sulfide) groups is 1. The van der Waals surface area contributed by atoms with Crippen molar-refractivity contribution in [2.24, 2.45) is 0 Å². The minimum absolute atomic E-state index is 0.0160. The molecule has 1 aromatic carbocycles. The summed E-state index contributed by atoms with van der Waals surface area (Å²) in [6, 6.07) is 10.4. The molecule has 2 aromatic rings. The van der Waals surface area contributed by atoms with Gasteiger partial charge in [0.15, 0.2) is 0 Å². The summed E-state index contributed by atoms with van der Waals surface area (Å²) in [7, 11) is 4.01.